The molecule has 26 heavy (non-hydrogen) atoms. The topological polar surface area (TPSA) is 66.1 Å². The lowest BCUT2D eigenvalue weighted by Gasteiger charge is -2.33. The van der Waals surface area contributed by atoms with E-state index in [0.29, 0.717) is 6.54 Å². The number of esters is 1. The fourth-order valence-electron chi connectivity index (χ4n) is 2.55. The van der Waals surface area contributed by atoms with Gasteiger partial charge in [-0.3, -0.25) is 9.48 Å². The third kappa shape index (κ3) is 4.43. The van der Waals surface area contributed by atoms with Crippen molar-refractivity contribution >= 4 is 37.8 Å². The highest BCUT2D eigenvalue weighted by atomic mass is 79.9. The van der Waals surface area contributed by atoms with E-state index in [1.54, 1.807) is 17.7 Å². The third-order valence-corrected chi connectivity index (χ3v) is 5.20. The maximum absolute atomic E-state index is 13.9. The minimum atomic E-state index is -0.659. The molecule has 2 aromatic heterocycles. The van der Waals surface area contributed by atoms with Crippen LogP contribution in [-0.2, 0) is 11.3 Å². The van der Waals surface area contributed by atoms with E-state index in [9.17, 15) is 14.0 Å². The van der Waals surface area contributed by atoms with Crippen molar-refractivity contribution in [1.29, 1.82) is 0 Å². The largest absolute Gasteiger partial charge is 0.462 e. The summed E-state index contributed by atoms with van der Waals surface area (Å²) in [6.07, 6.45) is 3.10. The number of rotatable bonds is 5. The van der Waals surface area contributed by atoms with Crippen molar-refractivity contribution in [2.75, 3.05) is 6.61 Å². The number of halogens is 3. The average Bonchev–Trinajstić information content (AvgIpc) is 2.79. The molecule has 6 nitrogen and oxygen atoms in total. The van der Waals surface area contributed by atoms with E-state index in [1.807, 2.05) is 20.8 Å². The lowest BCUT2D eigenvalue weighted by atomic mass is 9.86. The number of aromatic nitrogens is 3. The van der Waals surface area contributed by atoms with Crippen LogP contribution in [0.3, 0.4) is 0 Å². The first-order valence-electron chi connectivity index (χ1n) is 8.02. The van der Waals surface area contributed by atoms with Crippen molar-refractivity contribution in [3.05, 3.63) is 49.3 Å². The van der Waals surface area contributed by atoms with Crippen LogP contribution >= 0.6 is 31.9 Å². The van der Waals surface area contributed by atoms with Crippen molar-refractivity contribution in [3.63, 3.8) is 0 Å². The molecule has 2 rings (SSSR count). The molecule has 0 bridgehead atoms. The molecule has 0 saturated heterocycles. The molecule has 0 aliphatic rings. The number of nitrogens with zero attached hydrogens (tertiary/aromatic N) is 3. The summed E-state index contributed by atoms with van der Waals surface area (Å²) in [5.41, 5.74) is -0.702. The van der Waals surface area contributed by atoms with Gasteiger partial charge in [0.15, 0.2) is 15.8 Å². The second-order valence-corrected chi connectivity index (χ2v) is 8.35. The van der Waals surface area contributed by atoms with E-state index in [1.165, 1.54) is 16.9 Å². The highest BCUT2D eigenvalue weighted by molar-refractivity contribution is 9.11. The van der Waals surface area contributed by atoms with E-state index in [-0.39, 0.29) is 32.8 Å². The quantitative estimate of drug-likeness (QED) is 0.587. The van der Waals surface area contributed by atoms with Crippen LogP contribution in [-0.4, -0.2) is 26.9 Å². The fourth-order valence-corrected chi connectivity index (χ4v) is 3.60. The van der Waals surface area contributed by atoms with E-state index >= 15 is 0 Å². The number of carbonyl (C=O) groups excluding carboxylic acids is 1. The maximum atomic E-state index is 13.9. The van der Waals surface area contributed by atoms with E-state index in [0.717, 1.165) is 0 Å². The van der Waals surface area contributed by atoms with Crippen LogP contribution in [0, 0.1) is 11.2 Å². The molecule has 0 saturated carbocycles. The van der Waals surface area contributed by atoms with Gasteiger partial charge in [-0.05, 0) is 44.2 Å². The molecule has 0 aliphatic heterocycles. The second kappa shape index (κ2) is 8.04. The molecule has 0 amide bonds. The molecule has 0 N–H and O–H groups in total. The zero-order valence-corrected chi connectivity index (χ0v) is 18.1. The summed E-state index contributed by atoms with van der Waals surface area (Å²) < 4.78 is 22.5. The summed E-state index contributed by atoms with van der Waals surface area (Å²) >= 11 is 6.28. The van der Waals surface area contributed by atoms with Gasteiger partial charge in [0, 0.05) is 18.5 Å². The zero-order chi connectivity index (χ0) is 19.6. The monoisotopic (exact) mass is 491 g/mol. The first kappa shape index (κ1) is 20.8. The number of ether oxygens (including phenoxy) is 1. The Kier molecular flexibility index (Phi) is 6.44. The van der Waals surface area contributed by atoms with Crippen molar-refractivity contribution in [2.24, 2.45) is 5.41 Å². The minimum absolute atomic E-state index is 0.0320. The van der Waals surface area contributed by atoms with Crippen LogP contribution in [0.25, 0.3) is 0 Å². The van der Waals surface area contributed by atoms with Gasteiger partial charge in [-0.2, -0.15) is 5.10 Å². The molecule has 1 atom stereocenters. The molecular formula is C17H20Br2FN3O3. The van der Waals surface area contributed by atoms with Gasteiger partial charge in [0.2, 0.25) is 0 Å². The lowest BCUT2D eigenvalue weighted by Crippen LogP contribution is -2.31. The number of hydrogen-bond donors (Lipinski definition) is 0. The van der Waals surface area contributed by atoms with Crippen LogP contribution in [0.5, 0.6) is 0 Å². The van der Waals surface area contributed by atoms with Gasteiger partial charge in [0.1, 0.15) is 10.2 Å². The summed E-state index contributed by atoms with van der Waals surface area (Å²) in [4.78, 5) is 24.1. The van der Waals surface area contributed by atoms with Crippen LogP contribution in [0.1, 0.15) is 44.1 Å². The number of hydrogen-bond acceptors (Lipinski definition) is 4. The van der Waals surface area contributed by atoms with Crippen molar-refractivity contribution in [1.82, 2.24) is 14.3 Å². The molecule has 0 aliphatic carbocycles. The van der Waals surface area contributed by atoms with E-state index < -0.39 is 17.2 Å². The van der Waals surface area contributed by atoms with Gasteiger partial charge in [-0.15, -0.1) is 0 Å². The zero-order valence-electron chi connectivity index (χ0n) is 14.9. The molecule has 0 spiro atoms. The Balaban J connectivity index is 2.48. The Hall–Kier alpha value is -1.48. The van der Waals surface area contributed by atoms with Crippen molar-refractivity contribution in [3.8, 4) is 0 Å². The molecule has 0 aromatic carbocycles. The minimum Gasteiger partial charge on any atom is -0.462 e. The molecule has 142 valence electrons. The molecule has 0 fully saturated rings. The van der Waals surface area contributed by atoms with Gasteiger partial charge in [0.25, 0.3) is 0 Å². The standard InChI is InChI=1S/C17H20Br2FN3O3/c1-5-26-16(25)10-8-22(7-6-11(10)24)12(17(2,3)4)9-23-15(19)13(20)14(18)21-23/h6-8,12H,5,9H2,1-4H3/t12-/m0/s1. The maximum Gasteiger partial charge on any atom is 0.343 e. The molecule has 9 heteroatoms. The van der Waals surface area contributed by atoms with Gasteiger partial charge in [0.05, 0.1) is 19.2 Å². The molecule has 2 aromatic rings. The Bertz CT molecular complexity index is 871. The number of carbonyl (C=O) groups is 1. The summed E-state index contributed by atoms with van der Waals surface area (Å²) in [5, 5.41) is 4.14. The predicted molar refractivity (Wildman–Crippen MR) is 103 cm³/mol. The predicted octanol–water partition coefficient (Wildman–Crippen LogP) is 4.17. The molecular weight excluding hydrogens is 473 g/mol. The SMILES string of the molecule is CCOC(=O)c1cn([C@@H](Cn2nc(Br)c(F)c2Br)C(C)(C)C)ccc1=O. The molecule has 0 unspecified atom stereocenters. The summed E-state index contributed by atoms with van der Waals surface area (Å²) in [6.45, 7) is 8.24. The molecule has 2 heterocycles. The first-order chi connectivity index (χ1) is 12.1. The Morgan fingerprint density at radius 2 is 2.04 bits per heavy atom. The fraction of sp³-hybridized carbons (Fsp3) is 0.471. The summed E-state index contributed by atoms with van der Waals surface area (Å²) in [6, 6.07) is 1.12. The lowest BCUT2D eigenvalue weighted by molar-refractivity contribution is 0.0522. The Morgan fingerprint density at radius 1 is 1.38 bits per heavy atom. The van der Waals surface area contributed by atoms with Crippen LogP contribution in [0.4, 0.5) is 4.39 Å². The van der Waals surface area contributed by atoms with E-state index in [4.69, 9.17) is 4.74 Å². The van der Waals surface area contributed by atoms with Crippen molar-refractivity contribution < 1.29 is 13.9 Å². The van der Waals surface area contributed by atoms with E-state index in [2.05, 4.69) is 37.0 Å². The molecule has 0 radical (unpaired) electrons. The van der Waals surface area contributed by atoms with Crippen LogP contribution < -0.4 is 5.43 Å². The van der Waals surface area contributed by atoms with Gasteiger partial charge >= 0.3 is 5.97 Å². The highest BCUT2D eigenvalue weighted by Gasteiger charge is 2.29. The summed E-state index contributed by atoms with van der Waals surface area (Å²) in [5.74, 6) is -1.14. The van der Waals surface area contributed by atoms with Gasteiger partial charge in [-0.1, -0.05) is 20.8 Å². The first-order valence-corrected chi connectivity index (χ1v) is 9.61. The van der Waals surface area contributed by atoms with Crippen LogP contribution in [0.2, 0.25) is 0 Å². The van der Waals surface area contributed by atoms with Crippen molar-refractivity contribution in [2.45, 2.75) is 40.3 Å². The second-order valence-electron chi connectivity index (χ2n) is 6.85. The smallest absolute Gasteiger partial charge is 0.343 e. The highest BCUT2D eigenvalue weighted by Crippen LogP contribution is 2.34. The Labute approximate surface area is 167 Å². The average molecular weight is 493 g/mol. The summed E-state index contributed by atoms with van der Waals surface area (Å²) in [7, 11) is 0. The Morgan fingerprint density at radius 3 is 2.54 bits per heavy atom. The third-order valence-electron chi connectivity index (χ3n) is 3.94. The number of pyridine rings is 1. The normalized spacial score (nSPS) is 12.9. The van der Waals surface area contributed by atoms with Gasteiger partial charge < -0.3 is 9.30 Å². The van der Waals surface area contributed by atoms with Crippen LogP contribution in [0.15, 0.2) is 32.5 Å². The van der Waals surface area contributed by atoms with Gasteiger partial charge in [-0.25, -0.2) is 9.18 Å².